The number of halogens is 3. The third-order valence-electron chi connectivity index (χ3n) is 3.81. The van der Waals surface area contributed by atoms with Crippen LogP contribution in [0.15, 0.2) is 42.5 Å². The van der Waals surface area contributed by atoms with E-state index < -0.39 is 11.7 Å². The highest BCUT2D eigenvalue weighted by Gasteiger charge is 2.30. The fourth-order valence-corrected chi connectivity index (χ4v) is 3.05. The van der Waals surface area contributed by atoms with Crippen LogP contribution >= 0.6 is 11.3 Å². The SMILES string of the molecule is Cc1cccc(Oc2nnc(Cc3cccc(C(F)(F)F)c3)s2)c1C. The van der Waals surface area contributed by atoms with Crippen LogP contribution in [-0.2, 0) is 12.6 Å². The Balaban J connectivity index is 1.75. The minimum absolute atomic E-state index is 0.276. The first-order valence-electron chi connectivity index (χ1n) is 7.55. The molecule has 130 valence electrons. The molecule has 0 fully saturated rings. The van der Waals surface area contributed by atoms with Crippen molar-refractivity contribution in [2.24, 2.45) is 0 Å². The van der Waals surface area contributed by atoms with Gasteiger partial charge < -0.3 is 4.74 Å². The van der Waals surface area contributed by atoms with E-state index >= 15 is 0 Å². The molecule has 0 aliphatic rings. The summed E-state index contributed by atoms with van der Waals surface area (Å²) >= 11 is 1.22. The van der Waals surface area contributed by atoms with E-state index in [0.29, 0.717) is 21.5 Å². The van der Waals surface area contributed by atoms with Gasteiger partial charge in [-0.25, -0.2) is 0 Å². The maximum absolute atomic E-state index is 12.8. The van der Waals surface area contributed by atoms with Crippen LogP contribution in [0, 0.1) is 13.8 Å². The second kappa shape index (κ2) is 6.84. The summed E-state index contributed by atoms with van der Waals surface area (Å²) in [6, 6.07) is 10.9. The normalized spacial score (nSPS) is 11.6. The zero-order chi connectivity index (χ0) is 18.0. The topological polar surface area (TPSA) is 35.0 Å². The van der Waals surface area contributed by atoms with Crippen LogP contribution in [0.25, 0.3) is 0 Å². The predicted molar refractivity (Wildman–Crippen MR) is 90.1 cm³/mol. The van der Waals surface area contributed by atoms with Crippen molar-refractivity contribution < 1.29 is 17.9 Å². The first-order chi connectivity index (χ1) is 11.8. The van der Waals surface area contributed by atoms with Crippen molar-refractivity contribution in [3.8, 4) is 10.9 Å². The number of ether oxygens (including phenoxy) is 1. The number of rotatable bonds is 4. The van der Waals surface area contributed by atoms with Crippen LogP contribution < -0.4 is 4.74 Å². The Kier molecular flexibility index (Phi) is 4.76. The summed E-state index contributed by atoms with van der Waals surface area (Å²) in [6.45, 7) is 3.94. The molecule has 0 N–H and O–H groups in total. The number of benzene rings is 2. The van der Waals surface area contributed by atoms with Gasteiger partial charge in [-0.15, -0.1) is 5.10 Å². The monoisotopic (exact) mass is 364 g/mol. The summed E-state index contributed by atoms with van der Waals surface area (Å²) in [5.41, 5.74) is 1.98. The average Bonchev–Trinajstić information content (AvgIpc) is 2.98. The lowest BCUT2D eigenvalue weighted by atomic mass is 10.1. The standard InChI is InChI=1S/C18H15F3N2OS/c1-11-5-3-8-15(12(11)2)24-17-23-22-16(25-17)10-13-6-4-7-14(9-13)18(19,20)21/h3-9H,10H2,1-2H3. The van der Waals surface area contributed by atoms with Gasteiger partial charge in [0.25, 0.3) is 5.19 Å². The van der Waals surface area contributed by atoms with Gasteiger partial charge in [-0.3, -0.25) is 0 Å². The fourth-order valence-electron chi connectivity index (χ4n) is 2.31. The number of hydrogen-bond donors (Lipinski definition) is 0. The van der Waals surface area contributed by atoms with Gasteiger partial charge in [-0.2, -0.15) is 13.2 Å². The lowest BCUT2D eigenvalue weighted by Gasteiger charge is -2.07. The largest absolute Gasteiger partial charge is 0.430 e. The van der Waals surface area contributed by atoms with Gasteiger partial charge in [-0.05, 0) is 42.7 Å². The van der Waals surface area contributed by atoms with Crippen molar-refractivity contribution in [1.82, 2.24) is 10.2 Å². The van der Waals surface area contributed by atoms with Crippen molar-refractivity contribution in [3.63, 3.8) is 0 Å². The molecule has 0 spiro atoms. The molecule has 1 heterocycles. The number of aromatic nitrogens is 2. The van der Waals surface area contributed by atoms with Crippen LogP contribution in [-0.4, -0.2) is 10.2 Å². The average molecular weight is 364 g/mol. The Bertz CT molecular complexity index is 890. The molecule has 7 heteroatoms. The van der Waals surface area contributed by atoms with Gasteiger partial charge in [0.15, 0.2) is 0 Å². The Labute approximate surface area is 147 Å². The first kappa shape index (κ1) is 17.4. The van der Waals surface area contributed by atoms with E-state index in [0.717, 1.165) is 23.3 Å². The minimum atomic E-state index is -4.35. The maximum atomic E-state index is 12.8. The summed E-state index contributed by atoms with van der Waals surface area (Å²) in [5, 5.41) is 8.96. The molecule has 0 aliphatic heterocycles. The predicted octanol–water partition coefficient (Wildman–Crippen LogP) is 5.56. The molecule has 1 aromatic heterocycles. The fraction of sp³-hybridized carbons (Fsp3) is 0.222. The van der Waals surface area contributed by atoms with Crippen molar-refractivity contribution in [2.75, 3.05) is 0 Å². The molecule has 0 atom stereocenters. The molecule has 0 aliphatic carbocycles. The summed E-state index contributed by atoms with van der Waals surface area (Å²) in [4.78, 5) is 0. The van der Waals surface area contributed by atoms with Gasteiger partial charge in [0.1, 0.15) is 10.8 Å². The van der Waals surface area contributed by atoms with Gasteiger partial charge in [0.2, 0.25) is 0 Å². The van der Waals surface area contributed by atoms with Crippen LogP contribution in [0.2, 0.25) is 0 Å². The van der Waals surface area contributed by atoms with Gasteiger partial charge >= 0.3 is 6.18 Å². The van der Waals surface area contributed by atoms with Gasteiger partial charge in [0.05, 0.1) is 5.56 Å². The Hall–Kier alpha value is -2.41. The highest BCUT2D eigenvalue weighted by molar-refractivity contribution is 7.13. The quantitative estimate of drug-likeness (QED) is 0.608. The van der Waals surface area contributed by atoms with E-state index in [1.54, 1.807) is 6.07 Å². The zero-order valence-electron chi connectivity index (χ0n) is 13.6. The van der Waals surface area contributed by atoms with Crippen molar-refractivity contribution in [1.29, 1.82) is 0 Å². The third kappa shape index (κ3) is 4.17. The summed E-state index contributed by atoms with van der Waals surface area (Å²) < 4.78 is 44.1. The number of hydrogen-bond acceptors (Lipinski definition) is 4. The number of aryl methyl sites for hydroxylation is 1. The van der Waals surface area contributed by atoms with E-state index in [2.05, 4.69) is 10.2 Å². The molecule has 3 aromatic rings. The molecular formula is C18H15F3N2OS. The van der Waals surface area contributed by atoms with Crippen LogP contribution in [0.5, 0.6) is 10.9 Å². The van der Waals surface area contributed by atoms with Crippen LogP contribution in [0.1, 0.15) is 27.3 Å². The second-order valence-electron chi connectivity index (χ2n) is 5.64. The first-order valence-corrected chi connectivity index (χ1v) is 8.37. The molecule has 3 rings (SSSR count). The molecule has 3 nitrogen and oxygen atoms in total. The second-order valence-corrected chi connectivity index (χ2v) is 6.66. The molecule has 0 amide bonds. The minimum Gasteiger partial charge on any atom is -0.430 e. The lowest BCUT2D eigenvalue weighted by molar-refractivity contribution is -0.137. The summed E-state index contributed by atoms with van der Waals surface area (Å²) in [5.74, 6) is 0.696. The smallest absolute Gasteiger partial charge is 0.416 e. The van der Waals surface area contributed by atoms with E-state index in [1.807, 2.05) is 32.0 Å². The zero-order valence-corrected chi connectivity index (χ0v) is 14.4. The molecule has 25 heavy (non-hydrogen) atoms. The van der Waals surface area contributed by atoms with E-state index in [1.165, 1.54) is 17.4 Å². The molecule has 2 aromatic carbocycles. The molecule has 0 saturated carbocycles. The van der Waals surface area contributed by atoms with Crippen molar-refractivity contribution in [3.05, 3.63) is 69.7 Å². The maximum Gasteiger partial charge on any atom is 0.416 e. The molecular weight excluding hydrogens is 349 g/mol. The third-order valence-corrected chi connectivity index (χ3v) is 4.61. The lowest BCUT2D eigenvalue weighted by Crippen LogP contribution is -2.05. The summed E-state index contributed by atoms with van der Waals surface area (Å²) in [7, 11) is 0. The van der Waals surface area contributed by atoms with Gasteiger partial charge in [0, 0.05) is 6.42 Å². The Morgan fingerprint density at radius 2 is 1.80 bits per heavy atom. The van der Waals surface area contributed by atoms with Crippen molar-refractivity contribution >= 4 is 11.3 Å². The van der Waals surface area contributed by atoms with Crippen LogP contribution in [0.4, 0.5) is 13.2 Å². The molecule has 0 unspecified atom stereocenters. The highest BCUT2D eigenvalue weighted by atomic mass is 32.1. The van der Waals surface area contributed by atoms with E-state index in [9.17, 15) is 13.2 Å². The Morgan fingerprint density at radius 1 is 1.04 bits per heavy atom. The molecule has 0 bridgehead atoms. The summed E-state index contributed by atoms with van der Waals surface area (Å²) in [6.07, 6.45) is -4.08. The van der Waals surface area contributed by atoms with Crippen molar-refractivity contribution in [2.45, 2.75) is 26.4 Å². The molecule has 0 saturated heterocycles. The highest BCUT2D eigenvalue weighted by Crippen LogP contribution is 2.32. The molecule has 0 radical (unpaired) electrons. The van der Waals surface area contributed by atoms with E-state index in [4.69, 9.17) is 4.74 Å². The number of nitrogens with zero attached hydrogens (tertiary/aromatic N) is 2. The van der Waals surface area contributed by atoms with E-state index in [-0.39, 0.29) is 6.42 Å². The number of alkyl halides is 3. The van der Waals surface area contributed by atoms with Crippen LogP contribution in [0.3, 0.4) is 0 Å². The Morgan fingerprint density at radius 3 is 2.56 bits per heavy atom. The van der Waals surface area contributed by atoms with Gasteiger partial charge in [-0.1, -0.05) is 46.8 Å².